The highest BCUT2D eigenvalue weighted by Gasteiger charge is 2.37. The van der Waals surface area contributed by atoms with Crippen molar-refractivity contribution in [3.05, 3.63) is 29.8 Å². The van der Waals surface area contributed by atoms with Crippen LogP contribution in [0.1, 0.15) is 45.0 Å². The molecule has 1 atom stereocenters. The van der Waals surface area contributed by atoms with Gasteiger partial charge in [0.05, 0.1) is 31.5 Å². The van der Waals surface area contributed by atoms with Crippen molar-refractivity contribution in [2.24, 2.45) is 0 Å². The molecule has 0 bridgehead atoms. The smallest absolute Gasteiger partial charge is 0.319 e. The van der Waals surface area contributed by atoms with Crippen LogP contribution >= 0.6 is 0 Å². The molecule has 2 aliphatic heterocycles. The number of nitrogens with zero attached hydrogens (tertiary/aromatic N) is 4. The average molecular weight is 483 g/mol. The molecule has 10 heteroatoms. The highest BCUT2D eigenvalue weighted by atomic mass is 16.5. The number of aromatic nitrogens is 2. The number of carbonyl (C=O) groups excluding carboxylic acids is 2. The number of urea groups is 1. The Morgan fingerprint density at radius 3 is 2.60 bits per heavy atom. The third-order valence-corrected chi connectivity index (χ3v) is 6.07. The monoisotopic (exact) mass is 482 g/mol. The molecule has 2 N–H and O–H groups in total. The van der Waals surface area contributed by atoms with Crippen LogP contribution in [0.25, 0.3) is 11.3 Å². The summed E-state index contributed by atoms with van der Waals surface area (Å²) in [5.74, 6) is 0.640. The zero-order valence-corrected chi connectivity index (χ0v) is 21.1. The summed E-state index contributed by atoms with van der Waals surface area (Å²) >= 11 is 0. The van der Waals surface area contributed by atoms with Crippen LogP contribution in [0.5, 0.6) is 5.88 Å². The van der Waals surface area contributed by atoms with Crippen molar-refractivity contribution in [2.45, 2.75) is 46.3 Å². The van der Waals surface area contributed by atoms with Crippen LogP contribution in [0.3, 0.4) is 0 Å². The van der Waals surface area contributed by atoms with Gasteiger partial charge in [-0.1, -0.05) is 12.1 Å². The van der Waals surface area contributed by atoms with E-state index in [0.717, 1.165) is 5.56 Å². The fraction of sp³-hybridized carbons (Fsp3) is 0.520. The van der Waals surface area contributed by atoms with Gasteiger partial charge in [0, 0.05) is 30.9 Å². The fourth-order valence-corrected chi connectivity index (χ4v) is 4.34. The van der Waals surface area contributed by atoms with Gasteiger partial charge in [-0.25, -0.2) is 9.78 Å². The van der Waals surface area contributed by atoms with E-state index in [9.17, 15) is 9.59 Å². The number of amides is 3. The first-order valence-corrected chi connectivity index (χ1v) is 12.1. The summed E-state index contributed by atoms with van der Waals surface area (Å²) in [5.41, 5.74) is 1.62. The third kappa shape index (κ3) is 5.32. The van der Waals surface area contributed by atoms with Gasteiger partial charge < -0.3 is 29.9 Å². The van der Waals surface area contributed by atoms with Crippen molar-refractivity contribution in [1.82, 2.24) is 20.2 Å². The van der Waals surface area contributed by atoms with E-state index in [2.05, 4.69) is 22.5 Å². The molecule has 0 spiro atoms. The van der Waals surface area contributed by atoms with Gasteiger partial charge in [0.1, 0.15) is 11.2 Å². The molecule has 3 amide bonds. The summed E-state index contributed by atoms with van der Waals surface area (Å²) in [4.78, 5) is 39.0. The van der Waals surface area contributed by atoms with E-state index in [1.54, 1.807) is 17.0 Å². The minimum atomic E-state index is -0.614. The second kappa shape index (κ2) is 10.1. The van der Waals surface area contributed by atoms with Crippen molar-refractivity contribution in [1.29, 1.82) is 0 Å². The van der Waals surface area contributed by atoms with E-state index < -0.39 is 5.60 Å². The molecule has 1 unspecified atom stereocenters. The zero-order valence-electron chi connectivity index (χ0n) is 21.1. The van der Waals surface area contributed by atoms with Gasteiger partial charge in [-0.2, -0.15) is 4.98 Å². The van der Waals surface area contributed by atoms with Gasteiger partial charge in [0.15, 0.2) is 0 Å². The molecule has 1 saturated heterocycles. The largest absolute Gasteiger partial charge is 0.469 e. The lowest BCUT2D eigenvalue weighted by Crippen LogP contribution is -2.44. The van der Waals surface area contributed by atoms with E-state index >= 15 is 0 Å². The summed E-state index contributed by atoms with van der Waals surface area (Å²) in [5, 5.41) is 5.50. The van der Waals surface area contributed by atoms with Crippen LogP contribution < -0.4 is 20.3 Å². The van der Waals surface area contributed by atoms with Gasteiger partial charge in [0.2, 0.25) is 11.8 Å². The molecule has 2 aromatic rings. The van der Waals surface area contributed by atoms with Gasteiger partial charge in [-0.15, -0.1) is 0 Å². The highest BCUT2D eigenvalue weighted by molar-refractivity contribution is 6.03. The lowest BCUT2D eigenvalue weighted by atomic mass is 10.0. The number of anilines is 2. The van der Waals surface area contributed by atoms with Crippen molar-refractivity contribution in [3.8, 4) is 17.1 Å². The third-order valence-electron chi connectivity index (χ3n) is 6.07. The van der Waals surface area contributed by atoms with E-state index in [-0.39, 0.29) is 18.0 Å². The first kappa shape index (κ1) is 24.7. The van der Waals surface area contributed by atoms with Gasteiger partial charge in [-0.3, -0.25) is 4.79 Å². The molecule has 2 aliphatic rings. The molecule has 0 aliphatic carbocycles. The Hall–Kier alpha value is -3.40. The molecule has 188 valence electrons. The Morgan fingerprint density at radius 2 is 1.94 bits per heavy atom. The van der Waals surface area contributed by atoms with Crippen LogP contribution in [-0.2, 0) is 4.74 Å². The number of rotatable bonds is 5. The SMILES string of the molecule is CCNC(=O)Nc1ccc(-c2nc(N3CCOCC3C)nc3c2C(=O)N(CC)CC(C)(C)O3)cc1. The van der Waals surface area contributed by atoms with Crippen molar-refractivity contribution in [3.63, 3.8) is 0 Å². The minimum Gasteiger partial charge on any atom is -0.469 e. The number of benzene rings is 1. The Morgan fingerprint density at radius 1 is 1.20 bits per heavy atom. The van der Waals surface area contributed by atoms with Crippen molar-refractivity contribution < 1.29 is 19.1 Å². The van der Waals surface area contributed by atoms with Crippen molar-refractivity contribution in [2.75, 3.05) is 49.6 Å². The second-order valence-corrected chi connectivity index (χ2v) is 9.41. The van der Waals surface area contributed by atoms with Crippen LogP contribution in [-0.4, -0.2) is 77.8 Å². The van der Waals surface area contributed by atoms with Crippen LogP contribution in [0, 0.1) is 0 Å². The Balaban J connectivity index is 1.82. The molecule has 1 fully saturated rings. The second-order valence-electron chi connectivity index (χ2n) is 9.41. The predicted octanol–water partition coefficient (Wildman–Crippen LogP) is 3.14. The Bertz CT molecular complexity index is 1090. The summed E-state index contributed by atoms with van der Waals surface area (Å²) in [6.07, 6.45) is 0. The number of likely N-dealkylation sites (N-methyl/N-ethyl adjacent to an activating group) is 1. The fourth-order valence-electron chi connectivity index (χ4n) is 4.34. The maximum atomic E-state index is 13.7. The van der Waals surface area contributed by atoms with Gasteiger partial charge in [0.25, 0.3) is 5.91 Å². The molecule has 4 rings (SSSR count). The first-order chi connectivity index (χ1) is 16.7. The molecule has 1 aromatic carbocycles. The van der Waals surface area contributed by atoms with Crippen LogP contribution in [0.4, 0.5) is 16.4 Å². The number of ether oxygens (including phenoxy) is 2. The standard InChI is InChI=1S/C25H34N6O4/c1-6-26-24(33)27-18-10-8-17(9-11-18)20-19-21(35-25(4,5)15-30(7-2)22(19)32)29-23(28-20)31-12-13-34-14-16(31)3/h8-11,16H,6-7,12-15H2,1-5H3,(H2,26,27,33). The van der Waals surface area contributed by atoms with E-state index in [1.165, 1.54) is 0 Å². The molecule has 10 nitrogen and oxygen atoms in total. The Labute approximate surface area is 206 Å². The maximum absolute atomic E-state index is 13.7. The number of nitrogens with one attached hydrogen (secondary N) is 2. The first-order valence-electron chi connectivity index (χ1n) is 12.1. The lowest BCUT2D eigenvalue weighted by Gasteiger charge is -2.34. The number of carbonyl (C=O) groups is 2. The maximum Gasteiger partial charge on any atom is 0.319 e. The molecule has 1 aromatic heterocycles. The minimum absolute atomic E-state index is 0.0833. The van der Waals surface area contributed by atoms with E-state index in [0.29, 0.717) is 68.2 Å². The normalized spacial score (nSPS) is 19.5. The summed E-state index contributed by atoms with van der Waals surface area (Å²) in [6.45, 7) is 13.1. The van der Waals surface area contributed by atoms with Gasteiger partial charge in [-0.05, 0) is 46.8 Å². The predicted molar refractivity (Wildman–Crippen MR) is 134 cm³/mol. The number of hydrogen-bond donors (Lipinski definition) is 2. The number of hydrogen-bond acceptors (Lipinski definition) is 7. The molecule has 35 heavy (non-hydrogen) atoms. The van der Waals surface area contributed by atoms with E-state index in [1.807, 2.05) is 39.8 Å². The Kier molecular flexibility index (Phi) is 7.11. The van der Waals surface area contributed by atoms with E-state index in [4.69, 9.17) is 19.4 Å². The summed E-state index contributed by atoms with van der Waals surface area (Å²) in [6, 6.07) is 7.08. The van der Waals surface area contributed by atoms with Crippen LogP contribution in [0.15, 0.2) is 24.3 Å². The van der Waals surface area contributed by atoms with Crippen molar-refractivity contribution >= 4 is 23.6 Å². The highest BCUT2D eigenvalue weighted by Crippen LogP contribution is 2.36. The topological polar surface area (TPSA) is 109 Å². The average Bonchev–Trinajstić information content (AvgIpc) is 2.92. The molecule has 0 saturated carbocycles. The van der Waals surface area contributed by atoms with Crippen LogP contribution in [0.2, 0.25) is 0 Å². The molecule has 3 heterocycles. The number of morpholine rings is 1. The molecular formula is C25H34N6O4. The summed E-state index contributed by atoms with van der Waals surface area (Å²) < 4.78 is 11.9. The lowest BCUT2D eigenvalue weighted by molar-refractivity contribution is 0.0541. The summed E-state index contributed by atoms with van der Waals surface area (Å²) in [7, 11) is 0. The molecular weight excluding hydrogens is 448 g/mol. The number of fused-ring (bicyclic) bond motifs is 1. The quantitative estimate of drug-likeness (QED) is 0.674. The molecule has 0 radical (unpaired) electrons. The zero-order chi connectivity index (χ0) is 25.2. The van der Waals surface area contributed by atoms with Gasteiger partial charge >= 0.3 is 6.03 Å².